The Morgan fingerprint density at radius 1 is 1.10 bits per heavy atom. The number of aromatic nitrogens is 2. The normalized spacial score (nSPS) is 23.2. The smallest absolute Gasteiger partial charge is 0.225 e. The van der Waals surface area contributed by atoms with Gasteiger partial charge in [-0.3, -0.25) is 0 Å². The molecule has 2 aliphatic heterocycles. The summed E-state index contributed by atoms with van der Waals surface area (Å²) in [5.74, 6) is 0.865. The van der Waals surface area contributed by atoms with E-state index in [4.69, 9.17) is 4.74 Å². The molecule has 1 spiro atoms. The van der Waals surface area contributed by atoms with Gasteiger partial charge < -0.3 is 14.5 Å². The Hall–Kier alpha value is -1.20. The molecular formula is C15H24N4O. The van der Waals surface area contributed by atoms with E-state index in [-0.39, 0.29) is 5.60 Å². The van der Waals surface area contributed by atoms with Crippen LogP contribution in [0.5, 0.6) is 0 Å². The molecule has 2 fully saturated rings. The Kier molecular flexibility index (Phi) is 3.65. The van der Waals surface area contributed by atoms with Crippen molar-refractivity contribution < 1.29 is 4.74 Å². The maximum atomic E-state index is 6.14. The van der Waals surface area contributed by atoms with E-state index in [1.54, 1.807) is 0 Å². The fourth-order valence-electron chi connectivity index (χ4n) is 3.19. The maximum absolute atomic E-state index is 6.14. The van der Waals surface area contributed by atoms with Crippen molar-refractivity contribution in [3.8, 4) is 0 Å². The van der Waals surface area contributed by atoms with E-state index in [0.717, 1.165) is 63.0 Å². The molecule has 0 N–H and O–H groups in total. The van der Waals surface area contributed by atoms with Crippen molar-refractivity contribution >= 4 is 5.95 Å². The number of aryl methyl sites for hydroxylation is 2. The Balaban J connectivity index is 1.78. The predicted molar refractivity (Wildman–Crippen MR) is 79.1 cm³/mol. The number of piperidine rings is 1. The molecule has 0 amide bonds. The van der Waals surface area contributed by atoms with Crippen LogP contribution >= 0.6 is 0 Å². The van der Waals surface area contributed by atoms with Gasteiger partial charge in [-0.15, -0.1) is 0 Å². The largest absolute Gasteiger partial charge is 0.371 e. The first-order valence-electron chi connectivity index (χ1n) is 7.46. The summed E-state index contributed by atoms with van der Waals surface area (Å²) in [6.07, 6.45) is 2.20. The molecule has 2 saturated heterocycles. The highest BCUT2D eigenvalue weighted by Crippen LogP contribution is 2.30. The van der Waals surface area contributed by atoms with Gasteiger partial charge in [0.15, 0.2) is 0 Å². The fourth-order valence-corrected chi connectivity index (χ4v) is 3.19. The molecule has 0 aromatic carbocycles. The van der Waals surface area contributed by atoms with Crippen molar-refractivity contribution in [2.45, 2.75) is 32.3 Å². The van der Waals surface area contributed by atoms with Gasteiger partial charge in [-0.2, -0.15) is 0 Å². The van der Waals surface area contributed by atoms with Gasteiger partial charge in [0.05, 0.1) is 18.8 Å². The molecule has 5 nitrogen and oxygen atoms in total. The molecular weight excluding hydrogens is 252 g/mol. The fraction of sp³-hybridized carbons (Fsp3) is 0.733. The standard InChI is InChI=1S/C15H24N4O/c1-12-10-13(2)17-14(16-12)19-8-9-20-15(11-19)4-6-18(3)7-5-15/h10H,4-9,11H2,1-3H3. The first-order chi connectivity index (χ1) is 9.56. The van der Waals surface area contributed by atoms with E-state index in [2.05, 4.69) is 26.8 Å². The van der Waals surface area contributed by atoms with Crippen LogP contribution in [0.1, 0.15) is 24.2 Å². The number of anilines is 1. The average Bonchev–Trinajstić information content (AvgIpc) is 2.42. The lowest BCUT2D eigenvalue weighted by Gasteiger charge is -2.46. The Morgan fingerprint density at radius 2 is 1.75 bits per heavy atom. The van der Waals surface area contributed by atoms with Gasteiger partial charge in [0, 0.05) is 31.0 Å². The van der Waals surface area contributed by atoms with Crippen LogP contribution in [0.25, 0.3) is 0 Å². The SMILES string of the molecule is Cc1cc(C)nc(N2CCOC3(CCN(C)CC3)C2)n1. The second kappa shape index (κ2) is 5.30. The highest BCUT2D eigenvalue weighted by Gasteiger charge is 2.39. The zero-order valence-corrected chi connectivity index (χ0v) is 12.7. The predicted octanol–water partition coefficient (Wildman–Crippen LogP) is 1.39. The van der Waals surface area contributed by atoms with E-state index >= 15 is 0 Å². The van der Waals surface area contributed by atoms with Crippen LogP contribution in [0.2, 0.25) is 0 Å². The summed E-state index contributed by atoms with van der Waals surface area (Å²) in [6.45, 7) is 8.88. The summed E-state index contributed by atoms with van der Waals surface area (Å²) in [7, 11) is 2.18. The quantitative estimate of drug-likeness (QED) is 0.775. The molecule has 1 aromatic rings. The monoisotopic (exact) mass is 276 g/mol. The van der Waals surface area contributed by atoms with Crippen molar-refractivity contribution in [3.05, 3.63) is 17.5 Å². The minimum absolute atomic E-state index is 0.00573. The van der Waals surface area contributed by atoms with Crippen molar-refractivity contribution in [2.75, 3.05) is 44.7 Å². The molecule has 1 aromatic heterocycles. The van der Waals surface area contributed by atoms with Crippen molar-refractivity contribution in [2.24, 2.45) is 0 Å². The molecule has 0 atom stereocenters. The van der Waals surface area contributed by atoms with E-state index in [1.807, 2.05) is 19.9 Å². The number of hydrogen-bond acceptors (Lipinski definition) is 5. The van der Waals surface area contributed by atoms with Crippen LogP contribution in [0, 0.1) is 13.8 Å². The minimum Gasteiger partial charge on any atom is -0.371 e. The molecule has 0 bridgehead atoms. The van der Waals surface area contributed by atoms with Crippen LogP contribution in [-0.2, 0) is 4.74 Å². The van der Waals surface area contributed by atoms with E-state index < -0.39 is 0 Å². The van der Waals surface area contributed by atoms with Crippen LogP contribution < -0.4 is 4.90 Å². The third kappa shape index (κ3) is 2.79. The molecule has 20 heavy (non-hydrogen) atoms. The van der Waals surface area contributed by atoms with E-state index in [1.165, 1.54) is 0 Å². The zero-order chi connectivity index (χ0) is 14.2. The maximum Gasteiger partial charge on any atom is 0.225 e. The summed E-state index contributed by atoms with van der Waals surface area (Å²) in [4.78, 5) is 13.9. The second-order valence-electron chi connectivity index (χ2n) is 6.21. The minimum atomic E-state index is 0.00573. The molecule has 5 heteroatoms. The Labute approximate surface area is 121 Å². The number of hydrogen-bond donors (Lipinski definition) is 0. The summed E-state index contributed by atoms with van der Waals surface area (Å²) in [5, 5.41) is 0. The summed E-state index contributed by atoms with van der Waals surface area (Å²) >= 11 is 0. The van der Waals surface area contributed by atoms with Gasteiger partial charge in [0.2, 0.25) is 5.95 Å². The molecule has 2 aliphatic rings. The summed E-state index contributed by atoms with van der Waals surface area (Å²) in [5.41, 5.74) is 2.08. The molecule has 0 saturated carbocycles. The Bertz CT molecular complexity index is 463. The molecule has 110 valence electrons. The van der Waals surface area contributed by atoms with E-state index in [9.17, 15) is 0 Å². The number of ether oxygens (including phenoxy) is 1. The van der Waals surface area contributed by atoms with Crippen LogP contribution in [-0.4, -0.2) is 60.3 Å². The molecule has 0 aliphatic carbocycles. The lowest BCUT2D eigenvalue weighted by molar-refractivity contribution is -0.0886. The lowest BCUT2D eigenvalue weighted by Crippen LogP contribution is -2.56. The van der Waals surface area contributed by atoms with Gasteiger partial charge in [0.25, 0.3) is 0 Å². The third-order valence-corrected chi connectivity index (χ3v) is 4.40. The number of likely N-dealkylation sites (tertiary alicyclic amines) is 1. The van der Waals surface area contributed by atoms with Crippen LogP contribution in [0.15, 0.2) is 6.07 Å². The van der Waals surface area contributed by atoms with Crippen molar-refractivity contribution in [1.29, 1.82) is 0 Å². The Morgan fingerprint density at radius 3 is 2.40 bits per heavy atom. The van der Waals surface area contributed by atoms with Gasteiger partial charge in [0.1, 0.15) is 0 Å². The number of nitrogens with zero attached hydrogens (tertiary/aromatic N) is 4. The number of rotatable bonds is 1. The number of morpholine rings is 1. The van der Waals surface area contributed by atoms with E-state index in [0.29, 0.717) is 0 Å². The first-order valence-corrected chi connectivity index (χ1v) is 7.46. The van der Waals surface area contributed by atoms with Crippen LogP contribution in [0.4, 0.5) is 5.95 Å². The van der Waals surface area contributed by atoms with Gasteiger partial charge in [-0.1, -0.05) is 0 Å². The van der Waals surface area contributed by atoms with Crippen LogP contribution in [0.3, 0.4) is 0 Å². The summed E-state index contributed by atoms with van der Waals surface area (Å²) in [6, 6.07) is 2.02. The van der Waals surface area contributed by atoms with Gasteiger partial charge in [-0.25, -0.2) is 9.97 Å². The van der Waals surface area contributed by atoms with Crippen molar-refractivity contribution in [1.82, 2.24) is 14.9 Å². The second-order valence-corrected chi connectivity index (χ2v) is 6.21. The third-order valence-electron chi connectivity index (χ3n) is 4.40. The average molecular weight is 276 g/mol. The zero-order valence-electron chi connectivity index (χ0n) is 12.7. The highest BCUT2D eigenvalue weighted by molar-refractivity contribution is 5.34. The lowest BCUT2D eigenvalue weighted by atomic mass is 9.89. The molecule has 0 unspecified atom stereocenters. The first kappa shape index (κ1) is 13.8. The molecule has 3 rings (SSSR count). The van der Waals surface area contributed by atoms with Crippen molar-refractivity contribution in [3.63, 3.8) is 0 Å². The van der Waals surface area contributed by atoms with Gasteiger partial charge >= 0.3 is 0 Å². The highest BCUT2D eigenvalue weighted by atomic mass is 16.5. The van der Waals surface area contributed by atoms with Gasteiger partial charge in [-0.05, 0) is 39.8 Å². The summed E-state index contributed by atoms with van der Waals surface area (Å²) < 4.78 is 6.14. The molecule has 0 radical (unpaired) electrons. The topological polar surface area (TPSA) is 41.5 Å². The molecule has 3 heterocycles.